The fraction of sp³-hybridized carbons (Fsp3) is 0.667. The summed E-state index contributed by atoms with van der Waals surface area (Å²) in [5.41, 5.74) is -0.839. The number of fused-ring (bicyclic) bond motifs is 2. The maximum Gasteiger partial charge on any atom is 0.320 e. The molecule has 0 aromatic heterocycles. The van der Waals surface area contributed by atoms with Gasteiger partial charge in [-0.2, -0.15) is 0 Å². The van der Waals surface area contributed by atoms with E-state index >= 15 is 0 Å². The standard InChI is InChI=1S/C12H16O4/c1-11(2)6-4-5-12(11,3)9(14)7(6)8(13)10(15)16/h6,13H,4-5H2,1-3H3,(H,15,16)/p-1/b8-7-/t6-,12-/m0/s1. The second kappa shape index (κ2) is 2.87. The Morgan fingerprint density at radius 2 is 2.00 bits per heavy atom. The van der Waals surface area contributed by atoms with Crippen molar-refractivity contribution in [2.75, 3.05) is 0 Å². The van der Waals surface area contributed by atoms with E-state index < -0.39 is 17.1 Å². The van der Waals surface area contributed by atoms with Gasteiger partial charge in [-0.1, -0.05) is 20.8 Å². The number of ketones is 1. The number of hydrogen-bond donors (Lipinski definition) is 1. The number of carboxylic acid groups (broad SMARTS) is 1. The van der Waals surface area contributed by atoms with Gasteiger partial charge in [0.15, 0.2) is 5.78 Å². The topological polar surface area (TPSA) is 77.4 Å². The summed E-state index contributed by atoms with van der Waals surface area (Å²) in [5, 5.41) is 20.2. The molecule has 2 aliphatic rings. The van der Waals surface area contributed by atoms with Gasteiger partial charge in [-0.15, -0.1) is 0 Å². The van der Waals surface area contributed by atoms with Crippen molar-refractivity contribution in [3.63, 3.8) is 0 Å². The van der Waals surface area contributed by atoms with E-state index in [0.29, 0.717) is 0 Å². The molecule has 16 heavy (non-hydrogen) atoms. The largest absolute Gasteiger partial charge is 0.867 e. The minimum Gasteiger partial charge on any atom is -0.867 e. The lowest BCUT2D eigenvalue weighted by Crippen LogP contribution is -2.33. The molecule has 4 nitrogen and oxygen atoms in total. The number of carbonyl (C=O) groups excluding carboxylic acids is 1. The van der Waals surface area contributed by atoms with E-state index in [1.54, 1.807) is 0 Å². The zero-order valence-corrected chi connectivity index (χ0v) is 9.66. The number of allylic oxidation sites excluding steroid dienone is 1. The third-order valence-electron chi connectivity index (χ3n) is 4.76. The van der Waals surface area contributed by atoms with Crippen LogP contribution in [0.1, 0.15) is 33.6 Å². The fourth-order valence-electron chi connectivity index (χ4n) is 3.24. The van der Waals surface area contributed by atoms with Gasteiger partial charge in [-0.05, 0) is 35.5 Å². The van der Waals surface area contributed by atoms with Gasteiger partial charge in [0, 0.05) is 5.41 Å². The van der Waals surface area contributed by atoms with E-state index in [1.807, 2.05) is 20.8 Å². The highest BCUT2D eigenvalue weighted by Gasteiger charge is 2.64. The molecule has 0 amide bonds. The van der Waals surface area contributed by atoms with Gasteiger partial charge in [-0.3, -0.25) is 4.79 Å². The third-order valence-corrected chi connectivity index (χ3v) is 4.76. The normalized spacial score (nSPS) is 38.9. The molecule has 2 aliphatic carbocycles. The predicted molar refractivity (Wildman–Crippen MR) is 54.3 cm³/mol. The highest BCUT2D eigenvalue weighted by Crippen LogP contribution is 2.65. The van der Waals surface area contributed by atoms with Crippen LogP contribution in [0, 0.1) is 16.7 Å². The van der Waals surface area contributed by atoms with Crippen molar-refractivity contribution in [2.45, 2.75) is 33.6 Å². The zero-order valence-electron chi connectivity index (χ0n) is 9.66. The van der Waals surface area contributed by atoms with E-state index in [2.05, 4.69) is 0 Å². The van der Waals surface area contributed by atoms with Gasteiger partial charge in [-0.25, -0.2) is 4.79 Å². The summed E-state index contributed by atoms with van der Waals surface area (Å²) < 4.78 is 0. The Labute approximate surface area is 94.0 Å². The van der Waals surface area contributed by atoms with Crippen molar-refractivity contribution in [2.24, 2.45) is 16.7 Å². The first-order valence-electron chi connectivity index (χ1n) is 5.43. The average Bonchev–Trinajstić information content (AvgIpc) is 2.48. The molecule has 0 saturated heterocycles. The van der Waals surface area contributed by atoms with E-state index in [1.165, 1.54) is 0 Å². The first-order chi connectivity index (χ1) is 7.23. The molecule has 0 aliphatic heterocycles. The maximum absolute atomic E-state index is 12.1. The number of carboxylic acids is 1. The van der Waals surface area contributed by atoms with E-state index in [0.717, 1.165) is 12.8 Å². The average molecular weight is 223 g/mol. The molecule has 88 valence electrons. The van der Waals surface area contributed by atoms with Crippen molar-refractivity contribution >= 4 is 11.8 Å². The van der Waals surface area contributed by atoms with Crippen LogP contribution in [0.3, 0.4) is 0 Å². The summed E-state index contributed by atoms with van der Waals surface area (Å²) in [6.07, 6.45) is 1.49. The summed E-state index contributed by atoms with van der Waals surface area (Å²) >= 11 is 0. The minimum absolute atomic E-state index is 0.0197. The molecule has 0 spiro atoms. The second-order valence-electron chi connectivity index (χ2n) is 5.52. The van der Waals surface area contributed by atoms with Crippen LogP contribution >= 0.6 is 0 Å². The summed E-state index contributed by atoms with van der Waals surface area (Å²) in [6, 6.07) is 0. The van der Waals surface area contributed by atoms with Crippen molar-refractivity contribution in [1.82, 2.24) is 0 Å². The molecule has 0 radical (unpaired) electrons. The van der Waals surface area contributed by atoms with Gasteiger partial charge in [0.25, 0.3) is 0 Å². The quantitative estimate of drug-likeness (QED) is 0.524. The SMILES string of the molecule is CC1(C)[C@H]2CC[C@@]1(C)C(=O)/C2=C(\[O-])C(=O)O. The molecule has 2 bridgehead atoms. The van der Waals surface area contributed by atoms with Crippen LogP contribution in [-0.4, -0.2) is 16.9 Å². The Morgan fingerprint density at radius 3 is 2.38 bits per heavy atom. The van der Waals surface area contributed by atoms with Crippen LogP contribution in [-0.2, 0) is 9.59 Å². The molecular formula is C12H15O4-. The van der Waals surface area contributed by atoms with E-state index in [4.69, 9.17) is 5.11 Å². The Hall–Kier alpha value is -1.32. The first-order valence-corrected chi connectivity index (χ1v) is 5.43. The van der Waals surface area contributed by atoms with Crippen LogP contribution in [0.15, 0.2) is 11.3 Å². The number of rotatable bonds is 1. The molecule has 2 atom stereocenters. The maximum atomic E-state index is 12.1. The Kier molecular flexibility index (Phi) is 2.00. The predicted octanol–water partition coefficient (Wildman–Crippen LogP) is 0.711. The van der Waals surface area contributed by atoms with Crippen molar-refractivity contribution < 1.29 is 19.8 Å². The molecule has 1 N–H and O–H groups in total. The molecule has 0 heterocycles. The third kappa shape index (κ3) is 0.996. The van der Waals surface area contributed by atoms with E-state index in [9.17, 15) is 14.7 Å². The summed E-state index contributed by atoms with van der Waals surface area (Å²) in [5.74, 6) is -2.96. The molecule has 0 aromatic rings. The molecule has 2 rings (SSSR count). The Morgan fingerprint density at radius 1 is 1.44 bits per heavy atom. The summed E-state index contributed by atoms with van der Waals surface area (Å²) in [4.78, 5) is 22.8. The fourth-order valence-corrected chi connectivity index (χ4v) is 3.24. The number of carbonyl (C=O) groups is 2. The smallest absolute Gasteiger partial charge is 0.320 e. The Balaban J connectivity index is 2.61. The summed E-state index contributed by atoms with van der Waals surface area (Å²) in [7, 11) is 0. The molecule has 4 heteroatoms. The minimum atomic E-state index is -1.52. The molecule has 0 aromatic carbocycles. The number of aliphatic carboxylic acids is 1. The molecule has 2 saturated carbocycles. The Bertz CT molecular complexity index is 419. The molecule has 2 fully saturated rings. The summed E-state index contributed by atoms with van der Waals surface area (Å²) in [6.45, 7) is 5.74. The zero-order chi connectivity index (χ0) is 12.3. The van der Waals surface area contributed by atoms with Gasteiger partial charge in [0.1, 0.15) is 0 Å². The van der Waals surface area contributed by atoms with Crippen molar-refractivity contribution in [1.29, 1.82) is 0 Å². The van der Waals surface area contributed by atoms with Crippen molar-refractivity contribution in [3.05, 3.63) is 11.3 Å². The van der Waals surface area contributed by atoms with Gasteiger partial charge >= 0.3 is 5.97 Å². The highest BCUT2D eigenvalue weighted by atomic mass is 16.4. The van der Waals surface area contributed by atoms with Crippen molar-refractivity contribution in [3.8, 4) is 0 Å². The van der Waals surface area contributed by atoms with Gasteiger partial charge in [0.05, 0.1) is 0 Å². The molecular weight excluding hydrogens is 208 g/mol. The van der Waals surface area contributed by atoms with Crippen LogP contribution < -0.4 is 5.11 Å². The van der Waals surface area contributed by atoms with Gasteiger partial charge < -0.3 is 10.2 Å². The number of Topliss-reactive ketones (excluding diaryl/α,β-unsaturated/α-hetero) is 1. The van der Waals surface area contributed by atoms with Crippen LogP contribution in [0.25, 0.3) is 0 Å². The monoisotopic (exact) mass is 223 g/mol. The lowest BCUT2D eigenvalue weighted by Gasteiger charge is -2.31. The number of hydrogen-bond acceptors (Lipinski definition) is 3. The van der Waals surface area contributed by atoms with E-state index in [-0.39, 0.29) is 22.7 Å². The second-order valence-corrected chi connectivity index (χ2v) is 5.52. The first kappa shape index (κ1) is 11.2. The lowest BCUT2D eigenvalue weighted by molar-refractivity contribution is -0.304. The van der Waals surface area contributed by atoms with Crippen LogP contribution in [0.5, 0.6) is 0 Å². The highest BCUT2D eigenvalue weighted by molar-refractivity contribution is 6.08. The van der Waals surface area contributed by atoms with Crippen LogP contribution in [0.4, 0.5) is 0 Å². The lowest BCUT2D eigenvalue weighted by atomic mass is 9.70. The molecule has 0 unspecified atom stereocenters. The van der Waals surface area contributed by atoms with Crippen LogP contribution in [0.2, 0.25) is 0 Å². The van der Waals surface area contributed by atoms with Gasteiger partial charge in [0.2, 0.25) is 0 Å².